The number of benzene rings is 1. The molecule has 1 aromatic carbocycles. The zero-order valence-corrected chi connectivity index (χ0v) is 15.5. The van der Waals surface area contributed by atoms with Crippen LogP contribution in [0.3, 0.4) is 0 Å². The van der Waals surface area contributed by atoms with E-state index in [1.165, 1.54) is 17.3 Å². The summed E-state index contributed by atoms with van der Waals surface area (Å²) in [5, 5.41) is 20.4. The number of aromatic nitrogens is 5. The summed E-state index contributed by atoms with van der Waals surface area (Å²) in [4.78, 5) is 3.97. The molecular formula is C17H17Cl2N5O. The van der Waals surface area contributed by atoms with Crippen LogP contribution in [0.25, 0.3) is 11.8 Å². The summed E-state index contributed by atoms with van der Waals surface area (Å²) in [5.74, 6) is 0. The number of hydrogen-bond acceptors (Lipinski definition) is 4. The summed E-state index contributed by atoms with van der Waals surface area (Å²) >= 11 is 12.2. The number of aliphatic hydroxyl groups is 1. The van der Waals surface area contributed by atoms with E-state index < -0.39 is 6.10 Å². The lowest BCUT2D eigenvalue weighted by molar-refractivity contribution is 0.231. The van der Waals surface area contributed by atoms with Gasteiger partial charge in [-0.2, -0.15) is 10.2 Å². The van der Waals surface area contributed by atoms with Gasteiger partial charge in [0, 0.05) is 33.9 Å². The molecular weight excluding hydrogens is 361 g/mol. The van der Waals surface area contributed by atoms with E-state index in [-0.39, 0.29) is 0 Å². The van der Waals surface area contributed by atoms with E-state index in [4.69, 9.17) is 23.2 Å². The van der Waals surface area contributed by atoms with Gasteiger partial charge >= 0.3 is 0 Å². The third kappa shape index (κ3) is 3.46. The minimum atomic E-state index is -1.01. The number of nitrogens with zero attached hydrogens (tertiary/aromatic N) is 5. The van der Waals surface area contributed by atoms with E-state index in [0.717, 1.165) is 17.0 Å². The van der Waals surface area contributed by atoms with Crippen molar-refractivity contribution in [3.05, 3.63) is 63.4 Å². The maximum Gasteiger partial charge on any atom is 0.138 e. The maximum atomic E-state index is 11.0. The van der Waals surface area contributed by atoms with E-state index >= 15 is 0 Å². The van der Waals surface area contributed by atoms with Gasteiger partial charge in [0.2, 0.25) is 0 Å². The van der Waals surface area contributed by atoms with Gasteiger partial charge in [0.05, 0.1) is 11.4 Å². The van der Waals surface area contributed by atoms with Crippen LogP contribution in [-0.2, 0) is 7.05 Å². The molecule has 0 aliphatic rings. The number of aryl methyl sites for hydroxylation is 2. The molecule has 1 atom stereocenters. The Hall–Kier alpha value is -2.15. The van der Waals surface area contributed by atoms with Crippen LogP contribution in [0.4, 0.5) is 0 Å². The average molecular weight is 378 g/mol. The van der Waals surface area contributed by atoms with Crippen molar-refractivity contribution < 1.29 is 5.11 Å². The fourth-order valence-corrected chi connectivity index (χ4v) is 3.15. The molecule has 2 heterocycles. The van der Waals surface area contributed by atoms with Gasteiger partial charge in [0.25, 0.3) is 0 Å². The van der Waals surface area contributed by atoms with Gasteiger partial charge in [-0.15, -0.1) is 0 Å². The molecule has 0 saturated heterocycles. The molecule has 0 bridgehead atoms. The Kier molecular flexibility index (Phi) is 4.94. The second kappa shape index (κ2) is 7.00. The smallest absolute Gasteiger partial charge is 0.138 e. The van der Waals surface area contributed by atoms with Crippen LogP contribution in [0, 0.1) is 13.8 Å². The highest BCUT2D eigenvalue weighted by molar-refractivity contribution is 6.35. The molecule has 0 unspecified atom stereocenters. The summed E-state index contributed by atoms with van der Waals surface area (Å²) in [6.07, 6.45) is 3.78. The summed E-state index contributed by atoms with van der Waals surface area (Å²) in [6, 6.07) is 4.98. The molecule has 8 heteroatoms. The standard InChI is InChI=1S/C17H17Cl2N5O/c1-10-14(11(2)23(3)22-10)7-16(24-9-20-8-21-24)17(25)13-5-4-12(18)6-15(13)19/h4-9,17,25H,1-3H3/b16-7-/t17-/m0/s1. The molecule has 0 radical (unpaired) electrons. The lowest BCUT2D eigenvalue weighted by Gasteiger charge is -2.17. The third-order valence-corrected chi connectivity index (χ3v) is 4.64. The normalized spacial score (nSPS) is 13.3. The first-order chi connectivity index (χ1) is 11.9. The van der Waals surface area contributed by atoms with Crippen molar-refractivity contribution in [2.24, 2.45) is 7.05 Å². The number of halogens is 2. The Morgan fingerprint density at radius 3 is 2.60 bits per heavy atom. The monoisotopic (exact) mass is 377 g/mol. The molecule has 2 aromatic heterocycles. The quantitative estimate of drug-likeness (QED) is 0.752. The van der Waals surface area contributed by atoms with Gasteiger partial charge in [-0.3, -0.25) is 4.68 Å². The molecule has 0 aliphatic carbocycles. The SMILES string of the molecule is Cc1nn(C)c(C)c1/C=C(/[C@@H](O)c1ccc(Cl)cc1Cl)n1cncn1. The van der Waals surface area contributed by atoms with Gasteiger partial charge in [0.1, 0.15) is 18.8 Å². The maximum absolute atomic E-state index is 11.0. The van der Waals surface area contributed by atoms with Crippen molar-refractivity contribution in [1.29, 1.82) is 0 Å². The predicted molar refractivity (Wildman–Crippen MR) is 98.3 cm³/mol. The molecule has 0 fully saturated rings. The fourth-order valence-electron chi connectivity index (χ4n) is 2.64. The van der Waals surface area contributed by atoms with Crippen molar-refractivity contribution in [3.8, 4) is 0 Å². The van der Waals surface area contributed by atoms with Gasteiger partial charge in [-0.1, -0.05) is 29.3 Å². The van der Waals surface area contributed by atoms with Crippen LogP contribution >= 0.6 is 23.2 Å². The first-order valence-corrected chi connectivity index (χ1v) is 8.34. The van der Waals surface area contributed by atoms with Gasteiger partial charge < -0.3 is 5.11 Å². The molecule has 3 aromatic rings. The minimum absolute atomic E-state index is 0.380. The summed E-state index contributed by atoms with van der Waals surface area (Å²) in [7, 11) is 1.88. The van der Waals surface area contributed by atoms with E-state index in [0.29, 0.717) is 21.3 Å². The Labute approximate surface area is 155 Å². The van der Waals surface area contributed by atoms with Crippen LogP contribution in [0.15, 0.2) is 30.9 Å². The van der Waals surface area contributed by atoms with Crippen molar-refractivity contribution in [1.82, 2.24) is 24.5 Å². The van der Waals surface area contributed by atoms with Crippen molar-refractivity contribution >= 4 is 35.0 Å². The predicted octanol–water partition coefficient (Wildman–Crippen LogP) is 3.67. The van der Waals surface area contributed by atoms with Crippen molar-refractivity contribution in [3.63, 3.8) is 0 Å². The highest BCUT2D eigenvalue weighted by atomic mass is 35.5. The lowest BCUT2D eigenvalue weighted by Crippen LogP contribution is -2.09. The number of aliphatic hydroxyl groups excluding tert-OH is 1. The van der Waals surface area contributed by atoms with Crippen molar-refractivity contribution in [2.75, 3.05) is 0 Å². The molecule has 1 N–H and O–H groups in total. The van der Waals surface area contributed by atoms with Crippen LogP contribution in [-0.4, -0.2) is 29.7 Å². The topological polar surface area (TPSA) is 68.8 Å². The molecule has 3 rings (SSSR count). The summed E-state index contributed by atoms with van der Waals surface area (Å²) < 4.78 is 3.31. The van der Waals surface area contributed by atoms with Crippen molar-refractivity contribution in [2.45, 2.75) is 20.0 Å². The molecule has 0 aliphatic heterocycles. The average Bonchev–Trinajstić information content (AvgIpc) is 3.15. The summed E-state index contributed by atoms with van der Waals surface area (Å²) in [6.45, 7) is 3.88. The molecule has 0 amide bonds. The summed E-state index contributed by atoms with van der Waals surface area (Å²) in [5.41, 5.74) is 3.79. The van der Waals surface area contributed by atoms with E-state index in [2.05, 4.69) is 15.2 Å². The zero-order chi connectivity index (χ0) is 18.1. The molecule has 6 nitrogen and oxygen atoms in total. The first kappa shape index (κ1) is 17.7. The van der Waals surface area contributed by atoms with Crippen LogP contribution < -0.4 is 0 Å². The number of rotatable bonds is 4. The van der Waals surface area contributed by atoms with Crippen LogP contribution in [0.2, 0.25) is 10.0 Å². The van der Waals surface area contributed by atoms with Gasteiger partial charge in [-0.05, 0) is 32.1 Å². The Morgan fingerprint density at radius 2 is 2.04 bits per heavy atom. The van der Waals surface area contributed by atoms with Crippen LogP contribution in [0.5, 0.6) is 0 Å². The van der Waals surface area contributed by atoms with E-state index in [1.54, 1.807) is 22.9 Å². The Morgan fingerprint density at radius 1 is 1.28 bits per heavy atom. The second-order valence-electron chi connectivity index (χ2n) is 5.69. The van der Waals surface area contributed by atoms with Crippen LogP contribution in [0.1, 0.15) is 28.6 Å². The molecule has 25 heavy (non-hydrogen) atoms. The second-order valence-corrected chi connectivity index (χ2v) is 6.53. The largest absolute Gasteiger partial charge is 0.382 e. The van der Waals surface area contributed by atoms with Gasteiger partial charge in [-0.25, -0.2) is 9.67 Å². The highest BCUT2D eigenvalue weighted by Crippen LogP contribution is 2.33. The molecule has 130 valence electrons. The third-order valence-electron chi connectivity index (χ3n) is 4.08. The van der Waals surface area contributed by atoms with E-state index in [1.807, 2.05) is 27.0 Å². The zero-order valence-electron chi connectivity index (χ0n) is 14.0. The molecule has 0 spiro atoms. The van der Waals surface area contributed by atoms with E-state index in [9.17, 15) is 5.11 Å². The molecule has 0 saturated carbocycles. The number of hydrogen-bond donors (Lipinski definition) is 1. The van der Waals surface area contributed by atoms with Gasteiger partial charge in [0.15, 0.2) is 0 Å². The lowest BCUT2D eigenvalue weighted by atomic mass is 10.0. The minimum Gasteiger partial charge on any atom is -0.382 e. The Bertz CT molecular complexity index is 931. The fraction of sp³-hybridized carbons (Fsp3) is 0.235. The highest BCUT2D eigenvalue weighted by Gasteiger charge is 2.21. The Balaban J connectivity index is 2.14. The first-order valence-electron chi connectivity index (χ1n) is 7.58.